The van der Waals surface area contributed by atoms with Crippen LogP contribution in [-0.2, 0) is 22.9 Å². The predicted octanol–water partition coefficient (Wildman–Crippen LogP) is 3.41. The van der Waals surface area contributed by atoms with Crippen LogP contribution in [0.1, 0.15) is 47.7 Å². The normalized spacial score (nSPS) is 15.9. The Hall–Kier alpha value is -2.18. The first-order valence-corrected chi connectivity index (χ1v) is 12.0. The molecule has 6 heteroatoms. The highest BCUT2D eigenvalue weighted by Gasteiger charge is 2.28. The van der Waals surface area contributed by atoms with E-state index in [0.29, 0.717) is 37.9 Å². The van der Waals surface area contributed by atoms with Gasteiger partial charge in [-0.05, 0) is 49.3 Å². The standard InChI is InChI=1S/C23H30N2O3S/c1-2-18-29(27,28)25-16-14-21(15-17-25)24-23(26)22-11-7-6-10-20(22)13-12-19-8-4-3-5-9-19/h3-11,21H,2,12-18H2,1H3,(H,24,26). The Morgan fingerprint density at radius 1 is 1.00 bits per heavy atom. The van der Waals surface area contributed by atoms with Gasteiger partial charge in [-0.2, -0.15) is 0 Å². The van der Waals surface area contributed by atoms with Crippen molar-refractivity contribution in [1.82, 2.24) is 9.62 Å². The van der Waals surface area contributed by atoms with Crippen LogP contribution in [0, 0.1) is 0 Å². The van der Waals surface area contributed by atoms with Gasteiger partial charge in [0.2, 0.25) is 10.0 Å². The smallest absolute Gasteiger partial charge is 0.251 e. The quantitative estimate of drug-likeness (QED) is 0.720. The molecule has 1 aliphatic heterocycles. The van der Waals surface area contributed by atoms with Crippen LogP contribution in [0.5, 0.6) is 0 Å². The fourth-order valence-corrected chi connectivity index (χ4v) is 5.35. The van der Waals surface area contributed by atoms with E-state index < -0.39 is 10.0 Å². The number of sulfonamides is 1. The lowest BCUT2D eigenvalue weighted by Gasteiger charge is -2.31. The SMILES string of the molecule is CCCS(=O)(=O)N1CCC(NC(=O)c2ccccc2CCc2ccccc2)CC1. The average molecular weight is 415 g/mol. The fourth-order valence-electron chi connectivity index (χ4n) is 3.81. The summed E-state index contributed by atoms with van der Waals surface area (Å²) in [7, 11) is -3.16. The average Bonchev–Trinajstić information content (AvgIpc) is 2.73. The van der Waals surface area contributed by atoms with Crippen molar-refractivity contribution in [2.24, 2.45) is 0 Å². The molecule has 2 aromatic rings. The van der Waals surface area contributed by atoms with Gasteiger partial charge in [0.15, 0.2) is 0 Å². The van der Waals surface area contributed by atoms with Crippen molar-refractivity contribution in [3.05, 3.63) is 71.3 Å². The third-order valence-electron chi connectivity index (χ3n) is 5.43. The summed E-state index contributed by atoms with van der Waals surface area (Å²) < 4.78 is 26.0. The maximum absolute atomic E-state index is 12.9. The third kappa shape index (κ3) is 5.90. The molecule has 0 saturated carbocycles. The first-order chi connectivity index (χ1) is 14.0. The molecule has 0 aliphatic carbocycles. The van der Waals surface area contributed by atoms with Crippen molar-refractivity contribution in [2.75, 3.05) is 18.8 Å². The highest BCUT2D eigenvalue weighted by atomic mass is 32.2. The van der Waals surface area contributed by atoms with Crippen LogP contribution in [0.3, 0.4) is 0 Å². The van der Waals surface area contributed by atoms with Gasteiger partial charge in [-0.15, -0.1) is 0 Å². The molecule has 1 fully saturated rings. The lowest BCUT2D eigenvalue weighted by molar-refractivity contribution is 0.0923. The maximum atomic E-state index is 12.9. The van der Waals surface area contributed by atoms with Crippen molar-refractivity contribution in [1.29, 1.82) is 0 Å². The summed E-state index contributed by atoms with van der Waals surface area (Å²) in [6.07, 6.45) is 3.63. The Kier molecular flexibility index (Phi) is 7.45. The minimum atomic E-state index is -3.16. The Morgan fingerprint density at radius 2 is 1.66 bits per heavy atom. The molecule has 1 N–H and O–H groups in total. The van der Waals surface area contributed by atoms with Gasteiger partial charge in [-0.3, -0.25) is 4.79 Å². The van der Waals surface area contributed by atoms with E-state index in [2.05, 4.69) is 17.4 Å². The number of aryl methyl sites for hydroxylation is 2. The van der Waals surface area contributed by atoms with E-state index in [1.807, 2.05) is 49.4 Å². The van der Waals surface area contributed by atoms with E-state index in [9.17, 15) is 13.2 Å². The van der Waals surface area contributed by atoms with Crippen LogP contribution < -0.4 is 5.32 Å². The molecule has 1 saturated heterocycles. The number of amides is 1. The Morgan fingerprint density at radius 3 is 2.34 bits per heavy atom. The molecule has 5 nitrogen and oxygen atoms in total. The minimum absolute atomic E-state index is 0.0118. The highest BCUT2D eigenvalue weighted by molar-refractivity contribution is 7.89. The van der Waals surface area contributed by atoms with E-state index >= 15 is 0 Å². The summed E-state index contributed by atoms with van der Waals surface area (Å²) in [6, 6.07) is 18.0. The van der Waals surface area contributed by atoms with Crippen molar-refractivity contribution in [2.45, 2.75) is 45.1 Å². The number of nitrogens with zero attached hydrogens (tertiary/aromatic N) is 1. The summed E-state index contributed by atoms with van der Waals surface area (Å²) in [6.45, 7) is 2.83. The Bertz CT molecular complexity index is 905. The number of hydrogen-bond acceptors (Lipinski definition) is 3. The van der Waals surface area contributed by atoms with Gasteiger partial charge in [0, 0.05) is 24.7 Å². The molecule has 0 unspecified atom stereocenters. The number of piperidine rings is 1. The van der Waals surface area contributed by atoms with Crippen molar-refractivity contribution < 1.29 is 13.2 Å². The summed E-state index contributed by atoms with van der Waals surface area (Å²) in [5.41, 5.74) is 3.00. The van der Waals surface area contributed by atoms with Gasteiger partial charge in [0.1, 0.15) is 0 Å². The molecule has 3 rings (SSSR count). The van der Waals surface area contributed by atoms with Gasteiger partial charge in [0.25, 0.3) is 5.91 Å². The number of rotatable bonds is 8. The van der Waals surface area contributed by atoms with E-state index in [-0.39, 0.29) is 17.7 Å². The Labute approximate surface area is 174 Å². The van der Waals surface area contributed by atoms with Crippen molar-refractivity contribution in [3.8, 4) is 0 Å². The van der Waals surface area contributed by atoms with Gasteiger partial charge in [-0.1, -0.05) is 55.5 Å². The summed E-state index contributed by atoms with van der Waals surface area (Å²) >= 11 is 0. The zero-order valence-corrected chi connectivity index (χ0v) is 17.8. The van der Waals surface area contributed by atoms with Crippen LogP contribution in [-0.4, -0.2) is 43.5 Å². The molecule has 0 bridgehead atoms. The van der Waals surface area contributed by atoms with E-state index in [1.54, 1.807) is 4.31 Å². The molecule has 156 valence electrons. The zero-order valence-electron chi connectivity index (χ0n) is 17.0. The molecule has 0 atom stereocenters. The van der Waals surface area contributed by atoms with Crippen LogP contribution >= 0.6 is 0 Å². The second-order valence-electron chi connectivity index (χ2n) is 7.61. The lowest BCUT2D eigenvalue weighted by atomic mass is 9.98. The summed E-state index contributed by atoms with van der Waals surface area (Å²) in [5, 5.41) is 3.12. The molecule has 0 spiro atoms. The topological polar surface area (TPSA) is 66.5 Å². The van der Waals surface area contributed by atoms with E-state index in [0.717, 1.165) is 18.4 Å². The number of hydrogen-bond donors (Lipinski definition) is 1. The van der Waals surface area contributed by atoms with Gasteiger partial charge >= 0.3 is 0 Å². The number of nitrogens with one attached hydrogen (secondary N) is 1. The summed E-state index contributed by atoms with van der Waals surface area (Å²) in [4.78, 5) is 12.9. The zero-order chi connectivity index (χ0) is 20.7. The van der Waals surface area contributed by atoms with Crippen LogP contribution in [0.15, 0.2) is 54.6 Å². The van der Waals surface area contributed by atoms with Crippen LogP contribution in [0.2, 0.25) is 0 Å². The molecule has 1 heterocycles. The predicted molar refractivity (Wildman–Crippen MR) is 116 cm³/mol. The number of carbonyl (C=O) groups excluding carboxylic acids is 1. The van der Waals surface area contributed by atoms with E-state index in [4.69, 9.17) is 0 Å². The monoisotopic (exact) mass is 414 g/mol. The molecule has 29 heavy (non-hydrogen) atoms. The number of carbonyl (C=O) groups is 1. The third-order valence-corrected chi connectivity index (χ3v) is 7.51. The molecule has 1 aliphatic rings. The first-order valence-electron chi connectivity index (χ1n) is 10.4. The molecule has 1 amide bonds. The maximum Gasteiger partial charge on any atom is 0.251 e. The second kappa shape index (κ2) is 10.0. The first kappa shape index (κ1) is 21.5. The molecular weight excluding hydrogens is 384 g/mol. The second-order valence-corrected chi connectivity index (χ2v) is 9.69. The van der Waals surface area contributed by atoms with E-state index in [1.165, 1.54) is 5.56 Å². The molecule has 2 aromatic carbocycles. The van der Waals surface area contributed by atoms with Crippen molar-refractivity contribution in [3.63, 3.8) is 0 Å². The fraction of sp³-hybridized carbons (Fsp3) is 0.435. The van der Waals surface area contributed by atoms with Crippen LogP contribution in [0.25, 0.3) is 0 Å². The molecule has 0 aromatic heterocycles. The highest BCUT2D eigenvalue weighted by Crippen LogP contribution is 2.17. The number of benzene rings is 2. The van der Waals surface area contributed by atoms with Crippen molar-refractivity contribution >= 4 is 15.9 Å². The molecule has 0 radical (unpaired) electrons. The molecular formula is C23H30N2O3S. The van der Waals surface area contributed by atoms with Crippen LogP contribution in [0.4, 0.5) is 0 Å². The lowest BCUT2D eigenvalue weighted by Crippen LogP contribution is -2.47. The van der Waals surface area contributed by atoms with Gasteiger partial charge in [0.05, 0.1) is 5.75 Å². The largest absolute Gasteiger partial charge is 0.349 e. The van der Waals surface area contributed by atoms with Gasteiger partial charge < -0.3 is 5.32 Å². The van der Waals surface area contributed by atoms with Gasteiger partial charge in [-0.25, -0.2) is 12.7 Å². The summed E-state index contributed by atoms with van der Waals surface area (Å²) in [5.74, 6) is 0.127. The Balaban J connectivity index is 1.58. The minimum Gasteiger partial charge on any atom is -0.349 e.